The summed E-state index contributed by atoms with van der Waals surface area (Å²) in [4.78, 5) is 67.0. The first-order valence-corrected chi connectivity index (χ1v) is 13.7. The van der Waals surface area contributed by atoms with Crippen LogP contribution >= 0.6 is 0 Å². The Bertz CT molecular complexity index is 1870. The maximum atomic E-state index is 13.8. The number of carbonyl (C=O) groups excluding carboxylic acids is 2. The maximum Gasteiger partial charge on any atom is 0.331 e. The van der Waals surface area contributed by atoms with E-state index in [0.717, 1.165) is 5.56 Å². The Balaban J connectivity index is 1.49. The topological polar surface area (TPSA) is 141 Å². The fourth-order valence-electron chi connectivity index (χ4n) is 5.87. The average molecular weight is 563 g/mol. The minimum Gasteiger partial charge on any atom is -0.395 e. The summed E-state index contributed by atoms with van der Waals surface area (Å²) in [6.45, 7) is 5.84. The van der Waals surface area contributed by atoms with Gasteiger partial charge in [-0.25, -0.2) is 9.59 Å². The van der Waals surface area contributed by atoms with Crippen LogP contribution in [0.25, 0.3) is 21.9 Å². The molecule has 1 aliphatic rings. The summed E-state index contributed by atoms with van der Waals surface area (Å²) in [5, 5.41) is 12.7. The van der Waals surface area contributed by atoms with Crippen LogP contribution in [-0.2, 0) is 24.9 Å². The highest BCUT2D eigenvalue weighted by Gasteiger charge is 2.29. The number of carbonyl (C=O) groups is 2. The number of aromatic nitrogens is 4. The molecule has 1 saturated heterocycles. The number of aliphatic hydroxyl groups is 1. The van der Waals surface area contributed by atoms with Crippen molar-refractivity contribution < 1.29 is 14.7 Å². The summed E-state index contributed by atoms with van der Waals surface area (Å²) >= 11 is 0. The molecule has 1 fully saturated rings. The van der Waals surface area contributed by atoms with Gasteiger partial charge in [0.25, 0.3) is 11.5 Å². The monoisotopic (exact) mass is 562 g/mol. The Kier molecular flexibility index (Phi) is 7.43. The summed E-state index contributed by atoms with van der Waals surface area (Å²) in [6.07, 6.45) is 0.800. The van der Waals surface area contributed by atoms with E-state index in [-0.39, 0.29) is 53.5 Å². The number of rotatable bonds is 6. The molecule has 0 unspecified atom stereocenters. The van der Waals surface area contributed by atoms with E-state index < -0.39 is 5.69 Å². The quantitative estimate of drug-likeness (QED) is 0.366. The van der Waals surface area contributed by atoms with Crippen molar-refractivity contribution in [2.75, 3.05) is 25.0 Å². The molecule has 0 atom stereocenters. The molecule has 5 rings (SSSR count). The van der Waals surface area contributed by atoms with Gasteiger partial charge in [0.2, 0.25) is 5.91 Å². The molecule has 2 N–H and O–H groups in total. The molecule has 0 spiro atoms. The predicted molar refractivity (Wildman–Crippen MR) is 156 cm³/mol. The zero-order valence-corrected chi connectivity index (χ0v) is 23.6. The number of hydrogen-bond acceptors (Lipinski definition) is 6. The van der Waals surface area contributed by atoms with Crippen molar-refractivity contribution in [1.29, 1.82) is 0 Å². The van der Waals surface area contributed by atoms with Gasteiger partial charge in [0, 0.05) is 39.6 Å². The third-order valence-corrected chi connectivity index (χ3v) is 7.91. The molecule has 0 saturated carbocycles. The summed E-state index contributed by atoms with van der Waals surface area (Å²) in [5.74, 6) is -0.699. The number of likely N-dealkylation sites (tertiary alicyclic amines) is 1. The van der Waals surface area contributed by atoms with Crippen LogP contribution in [0.15, 0.2) is 44.7 Å². The highest BCUT2D eigenvalue weighted by atomic mass is 16.3. The van der Waals surface area contributed by atoms with E-state index in [4.69, 9.17) is 0 Å². The Morgan fingerprint density at radius 2 is 1.66 bits per heavy atom. The van der Waals surface area contributed by atoms with Crippen LogP contribution in [0, 0.1) is 6.92 Å². The number of fused-ring (bicyclic) bond motifs is 2. The Morgan fingerprint density at radius 3 is 2.29 bits per heavy atom. The van der Waals surface area contributed by atoms with Crippen LogP contribution in [0.1, 0.15) is 48.7 Å². The van der Waals surface area contributed by atoms with Gasteiger partial charge in [-0.2, -0.15) is 0 Å². The number of benzene rings is 2. The Hall–Kier alpha value is -4.45. The van der Waals surface area contributed by atoms with Gasteiger partial charge in [-0.15, -0.1) is 0 Å². The molecule has 41 heavy (non-hydrogen) atoms. The molecular weight excluding hydrogens is 528 g/mol. The number of anilines is 1. The third kappa shape index (κ3) is 4.77. The number of aryl methyl sites for hydroxylation is 3. The largest absolute Gasteiger partial charge is 0.395 e. The summed E-state index contributed by atoms with van der Waals surface area (Å²) in [6, 6.07) is 8.26. The highest BCUT2D eigenvalue weighted by molar-refractivity contribution is 6.06. The summed E-state index contributed by atoms with van der Waals surface area (Å²) < 4.78 is 5.73. The standard InChI is InChI=1S/C29H34N6O6/c1-5-33-25-16-22(30-18(3)37)20(15-24(25)34(12-13-36)29(33)41)26(38)32-10-8-19(9-11-32)35-27(39)21-14-17(2)6-7-23(21)31(4)28(35)40/h6-7,14-16,19,36H,5,8-13H2,1-4H3,(H,30,37). The molecule has 0 bridgehead atoms. The highest BCUT2D eigenvalue weighted by Crippen LogP contribution is 2.28. The Morgan fingerprint density at radius 1 is 0.976 bits per heavy atom. The van der Waals surface area contributed by atoms with Crippen LogP contribution in [0.4, 0.5) is 5.69 Å². The van der Waals surface area contributed by atoms with E-state index >= 15 is 0 Å². The number of piperidine rings is 1. The molecule has 12 nitrogen and oxygen atoms in total. The molecular formula is C29H34N6O6. The average Bonchev–Trinajstić information content (AvgIpc) is 3.20. The van der Waals surface area contributed by atoms with Crippen LogP contribution in [0.3, 0.4) is 0 Å². The first-order chi connectivity index (χ1) is 19.6. The third-order valence-electron chi connectivity index (χ3n) is 7.91. The number of aliphatic hydroxyl groups excluding tert-OH is 1. The summed E-state index contributed by atoms with van der Waals surface area (Å²) in [5.41, 5.74) is 2.00. The van der Waals surface area contributed by atoms with Crippen LogP contribution in [-0.4, -0.2) is 59.8 Å². The van der Waals surface area contributed by atoms with E-state index in [0.29, 0.717) is 54.4 Å². The van der Waals surface area contributed by atoms with Crippen molar-refractivity contribution in [1.82, 2.24) is 23.2 Å². The first kappa shape index (κ1) is 28.1. The van der Waals surface area contributed by atoms with Crippen molar-refractivity contribution in [2.45, 2.75) is 52.7 Å². The van der Waals surface area contributed by atoms with Crippen molar-refractivity contribution in [3.8, 4) is 0 Å². The van der Waals surface area contributed by atoms with E-state index in [1.54, 1.807) is 36.2 Å². The number of hydrogen-bond donors (Lipinski definition) is 2. The fraction of sp³-hybridized carbons (Fsp3) is 0.414. The molecule has 2 amide bonds. The lowest BCUT2D eigenvalue weighted by molar-refractivity contribution is -0.114. The van der Waals surface area contributed by atoms with E-state index in [1.807, 2.05) is 19.9 Å². The molecule has 3 heterocycles. The lowest BCUT2D eigenvalue weighted by Crippen LogP contribution is -2.46. The van der Waals surface area contributed by atoms with Crippen LogP contribution in [0.2, 0.25) is 0 Å². The number of imidazole rings is 1. The van der Waals surface area contributed by atoms with Crippen molar-refractivity contribution in [3.05, 3.63) is 72.8 Å². The smallest absolute Gasteiger partial charge is 0.331 e. The van der Waals surface area contributed by atoms with Gasteiger partial charge in [-0.05, 0) is 51.0 Å². The second-order valence-corrected chi connectivity index (χ2v) is 10.5. The maximum absolute atomic E-state index is 13.8. The van der Waals surface area contributed by atoms with Gasteiger partial charge in [0.15, 0.2) is 0 Å². The van der Waals surface area contributed by atoms with Crippen molar-refractivity contribution >= 4 is 39.4 Å². The second kappa shape index (κ2) is 10.8. The normalized spacial score (nSPS) is 14.2. The second-order valence-electron chi connectivity index (χ2n) is 10.5. The lowest BCUT2D eigenvalue weighted by atomic mass is 10.0. The molecule has 4 aromatic rings. The molecule has 0 aliphatic carbocycles. The molecule has 1 aliphatic heterocycles. The van der Waals surface area contributed by atoms with Gasteiger partial charge in [0.05, 0.1) is 46.3 Å². The predicted octanol–water partition coefficient (Wildman–Crippen LogP) is 1.57. The minimum absolute atomic E-state index is 0.0653. The number of nitrogens with one attached hydrogen (secondary N) is 1. The molecule has 2 aromatic carbocycles. The van der Waals surface area contributed by atoms with Crippen LogP contribution in [0.5, 0.6) is 0 Å². The molecule has 216 valence electrons. The van der Waals surface area contributed by atoms with Gasteiger partial charge < -0.3 is 15.3 Å². The van der Waals surface area contributed by atoms with Gasteiger partial charge in [-0.3, -0.25) is 32.7 Å². The van der Waals surface area contributed by atoms with Crippen molar-refractivity contribution in [2.24, 2.45) is 7.05 Å². The minimum atomic E-state index is -0.392. The van der Waals surface area contributed by atoms with Gasteiger partial charge >= 0.3 is 11.4 Å². The summed E-state index contributed by atoms with van der Waals surface area (Å²) in [7, 11) is 1.65. The zero-order valence-electron chi connectivity index (χ0n) is 23.6. The van der Waals surface area contributed by atoms with Gasteiger partial charge in [0.1, 0.15) is 0 Å². The lowest BCUT2D eigenvalue weighted by Gasteiger charge is -2.33. The first-order valence-electron chi connectivity index (χ1n) is 13.7. The molecule has 2 aromatic heterocycles. The molecule has 0 radical (unpaired) electrons. The number of amides is 2. The van der Waals surface area contributed by atoms with Crippen molar-refractivity contribution in [3.63, 3.8) is 0 Å². The van der Waals surface area contributed by atoms with E-state index in [1.165, 1.54) is 25.2 Å². The van der Waals surface area contributed by atoms with Gasteiger partial charge in [-0.1, -0.05) is 11.6 Å². The SMILES string of the molecule is CCn1c(=O)n(CCO)c2cc(C(=O)N3CCC(n4c(=O)c5cc(C)ccc5n(C)c4=O)CC3)c(NC(C)=O)cc21. The van der Waals surface area contributed by atoms with Crippen LogP contribution < -0.4 is 22.3 Å². The fourth-order valence-corrected chi connectivity index (χ4v) is 5.87. The van der Waals surface area contributed by atoms with E-state index in [9.17, 15) is 29.1 Å². The van der Waals surface area contributed by atoms with E-state index in [2.05, 4.69) is 5.32 Å². The zero-order chi connectivity index (χ0) is 29.6. The Labute approximate surface area is 235 Å². The number of nitrogens with zero attached hydrogens (tertiary/aromatic N) is 5. The molecule has 12 heteroatoms.